The number of nitrogens with zero attached hydrogens (tertiary/aromatic N) is 3. The monoisotopic (exact) mass is 374 g/mol. The van der Waals surface area contributed by atoms with Crippen LogP contribution < -0.4 is 5.32 Å². The van der Waals surface area contributed by atoms with Crippen LogP contribution in [0.4, 0.5) is 5.82 Å². The van der Waals surface area contributed by atoms with Crippen molar-refractivity contribution >= 4 is 17.6 Å². The maximum atomic E-state index is 12.7. The van der Waals surface area contributed by atoms with E-state index in [0.717, 1.165) is 70.6 Å². The summed E-state index contributed by atoms with van der Waals surface area (Å²) in [6.45, 7) is 4.18. The molecular weight excluding hydrogens is 344 g/mol. The second-order valence-electron chi connectivity index (χ2n) is 7.47. The maximum absolute atomic E-state index is 12.7. The summed E-state index contributed by atoms with van der Waals surface area (Å²) < 4.78 is 0. The van der Waals surface area contributed by atoms with Crippen LogP contribution in [0.3, 0.4) is 0 Å². The summed E-state index contributed by atoms with van der Waals surface area (Å²) in [5.41, 5.74) is 0.615. The minimum Gasteiger partial charge on any atom is -0.396 e. The maximum Gasteiger partial charge on any atom is 0.255 e. The molecule has 7 nitrogen and oxygen atoms in total. The molecule has 0 spiro atoms. The number of amides is 2. The topological polar surface area (TPSA) is 85.8 Å². The highest BCUT2D eigenvalue weighted by Gasteiger charge is 2.28. The molecule has 0 aromatic carbocycles. The van der Waals surface area contributed by atoms with Crippen molar-refractivity contribution in [2.75, 3.05) is 44.6 Å². The smallest absolute Gasteiger partial charge is 0.255 e. The van der Waals surface area contributed by atoms with Gasteiger partial charge in [0.25, 0.3) is 5.91 Å². The average molecular weight is 374 g/mol. The lowest BCUT2D eigenvalue weighted by atomic mass is 9.96. The Kier molecular flexibility index (Phi) is 7.04. The van der Waals surface area contributed by atoms with E-state index in [1.807, 2.05) is 21.9 Å². The Hall–Kier alpha value is -2.15. The van der Waals surface area contributed by atoms with Crippen molar-refractivity contribution in [1.29, 1.82) is 0 Å². The molecule has 2 fully saturated rings. The first-order valence-corrected chi connectivity index (χ1v) is 10.0. The number of nitrogens with one attached hydrogen (secondary N) is 1. The van der Waals surface area contributed by atoms with Gasteiger partial charge in [-0.3, -0.25) is 9.59 Å². The Morgan fingerprint density at radius 1 is 1.22 bits per heavy atom. The number of carbonyl (C=O) groups excluding carboxylic acids is 2. The van der Waals surface area contributed by atoms with Gasteiger partial charge in [-0.15, -0.1) is 0 Å². The second kappa shape index (κ2) is 9.69. The first kappa shape index (κ1) is 19.6. The van der Waals surface area contributed by atoms with E-state index in [1.54, 1.807) is 6.20 Å². The van der Waals surface area contributed by atoms with Gasteiger partial charge in [0.1, 0.15) is 5.82 Å². The lowest BCUT2D eigenvalue weighted by molar-refractivity contribution is -0.128. The Bertz CT molecular complexity index is 627. The molecule has 2 N–H and O–H groups in total. The number of pyridine rings is 1. The molecule has 0 radical (unpaired) electrons. The number of rotatable bonds is 8. The van der Waals surface area contributed by atoms with Crippen molar-refractivity contribution in [3.05, 3.63) is 23.9 Å². The Labute approximate surface area is 160 Å². The molecular formula is C20H30N4O3. The van der Waals surface area contributed by atoms with Crippen LogP contribution in [0.15, 0.2) is 18.3 Å². The third kappa shape index (κ3) is 5.42. The molecule has 0 bridgehead atoms. The number of hydrogen-bond acceptors (Lipinski definition) is 5. The van der Waals surface area contributed by atoms with Crippen molar-refractivity contribution in [2.45, 2.75) is 38.5 Å². The summed E-state index contributed by atoms with van der Waals surface area (Å²) in [6, 6.07) is 3.65. The number of piperidine rings is 1. The van der Waals surface area contributed by atoms with Crippen LogP contribution in [-0.4, -0.2) is 71.0 Å². The zero-order valence-electron chi connectivity index (χ0n) is 15.9. The summed E-state index contributed by atoms with van der Waals surface area (Å²) >= 11 is 0. The molecule has 0 atom stereocenters. The van der Waals surface area contributed by atoms with Crippen LogP contribution in [0.5, 0.6) is 0 Å². The van der Waals surface area contributed by atoms with E-state index < -0.39 is 0 Å². The van der Waals surface area contributed by atoms with Crippen molar-refractivity contribution in [3.8, 4) is 0 Å². The van der Waals surface area contributed by atoms with E-state index in [1.165, 1.54) is 0 Å². The molecule has 1 aromatic heterocycles. The Morgan fingerprint density at radius 3 is 2.67 bits per heavy atom. The summed E-state index contributed by atoms with van der Waals surface area (Å²) in [7, 11) is 0. The SMILES string of the molecule is O=C1CCCN1CC1CCN(C(=O)c2ccc(NCCCCO)nc2)CC1. The van der Waals surface area contributed by atoms with Gasteiger partial charge in [0.05, 0.1) is 5.56 Å². The van der Waals surface area contributed by atoms with E-state index >= 15 is 0 Å². The molecule has 3 heterocycles. The Morgan fingerprint density at radius 2 is 2.04 bits per heavy atom. The summed E-state index contributed by atoms with van der Waals surface area (Å²) in [5.74, 6) is 1.56. The van der Waals surface area contributed by atoms with Crippen molar-refractivity contribution in [1.82, 2.24) is 14.8 Å². The van der Waals surface area contributed by atoms with Crippen LogP contribution in [0.1, 0.15) is 48.9 Å². The molecule has 2 aliphatic heterocycles. The quantitative estimate of drug-likeness (QED) is 0.677. The van der Waals surface area contributed by atoms with Crippen molar-refractivity contribution in [2.24, 2.45) is 5.92 Å². The molecule has 2 saturated heterocycles. The minimum absolute atomic E-state index is 0.0324. The fourth-order valence-electron chi connectivity index (χ4n) is 3.79. The second-order valence-corrected chi connectivity index (χ2v) is 7.47. The van der Waals surface area contributed by atoms with Crippen LogP contribution in [0, 0.1) is 5.92 Å². The lowest BCUT2D eigenvalue weighted by Gasteiger charge is -2.34. The van der Waals surface area contributed by atoms with Crippen molar-refractivity contribution < 1.29 is 14.7 Å². The van der Waals surface area contributed by atoms with Gasteiger partial charge in [0.15, 0.2) is 0 Å². The molecule has 0 unspecified atom stereocenters. The number of aliphatic hydroxyl groups is 1. The molecule has 2 amide bonds. The van der Waals surface area contributed by atoms with E-state index in [0.29, 0.717) is 17.9 Å². The first-order valence-electron chi connectivity index (χ1n) is 10.0. The number of unbranched alkanes of at least 4 members (excludes halogenated alkanes) is 1. The number of likely N-dealkylation sites (tertiary alicyclic amines) is 2. The standard InChI is InChI=1S/C20H30N4O3/c25-13-2-1-9-21-18-6-5-17(14-22-18)20(27)23-11-7-16(8-12-23)15-24-10-3-4-19(24)26/h5-6,14,16,25H,1-4,7-13,15H2,(H,21,22). The van der Waals surface area contributed by atoms with Crippen LogP contribution >= 0.6 is 0 Å². The van der Waals surface area contributed by atoms with Crippen LogP contribution in [0.2, 0.25) is 0 Å². The number of anilines is 1. The van der Waals surface area contributed by atoms with Gasteiger partial charge < -0.3 is 20.2 Å². The van der Waals surface area contributed by atoms with Gasteiger partial charge in [-0.25, -0.2) is 4.98 Å². The Balaban J connectivity index is 1.44. The summed E-state index contributed by atoms with van der Waals surface area (Å²) in [4.78, 5) is 32.7. The third-order valence-electron chi connectivity index (χ3n) is 5.45. The highest BCUT2D eigenvalue weighted by atomic mass is 16.3. The van der Waals surface area contributed by atoms with E-state index in [-0.39, 0.29) is 18.4 Å². The van der Waals surface area contributed by atoms with Crippen LogP contribution in [-0.2, 0) is 4.79 Å². The number of aliphatic hydroxyl groups excluding tert-OH is 1. The van der Waals surface area contributed by atoms with Gasteiger partial charge in [-0.05, 0) is 50.2 Å². The molecule has 0 aliphatic carbocycles. The van der Waals surface area contributed by atoms with E-state index in [2.05, 4.69) is 10.3 Å². The number of hydrogen-bond donors (Lipinski definition) is 2. The molecule has 2 aliphatic rings. The zero-order chi connectivity index (χ0) is 19.1. The highest BCUT2D eigenvalue weighted by molar-refractivity contribution is 5.94. The zero-order valence-corrected chi connectivity index (χ0v) is 15.9. The molecule has 148 valence electrons. The molecule has 0 saturated carbocycles. The molecule has 7 heteroatoms. The summed E-state index contributed by atoms with van der Waals surface area (Å²) in [6.07, 6.45) is 6.86. The van der Waals surface area contributed by atoms with Gasteiger partial charge >= 0.3 is 0 Å². The molecule has 27 heavy (non-hydrogen) atoms. The number of aromatic nitrogens is 1. The fraction of sp³-hybridized carbons (Fsp3) is 0.650. The fourth-order valence-corrected chi connectivity index (χ4v) is 3.79. The molecule has 1 aromatic rings. The minimum atomic E-state index is 0.0324. The third-order valence-corrected chi connectivity index (χ3v) is 5.45. The van der Waals surface area contributed by atoms with Gasteiger partial charge in [-0.2, -0.15) is 0 Å². The highest BCUT2D eigenvalue weighted by Crippen LogP contribution is 2.22. The normalized spacial score (nSPS) is 18.2. The van der Waals surface area contributed by atoms with Gasteiger partial charge in [0.2, 0.25) is 5.91 Å². The molecule has 3 rings (SSSR count). The summed E-state index contributed by atoms with van der Waals surface area (Å²) in [5, 5.41) is 12.0. The predicted molar refractivity (Wildman–Crippen MR) is 103 cm³/mol. The van der Waals surface area contributed by atoms with Gasteiger partial charge in [-0.1, -0.05) is 0 Å². The van der Waals surface area contributed by atoms with E-state index in [4.69, 9.17) is 5.11 Å². The lowest BCUT2D eigenvalue weighted by Crippen LogP contribution is -2.41. The predicted octanol–water partition coefficient (Wildman–Crippen LogP) is 1.74. The van der Waals surface area contributed by atoms with E-state index in [9.17, 15) is 9.59 Å². The number of carbonyl (C=O) groups is 2. The van der Waals surface area contributed by atoms with Crippen LogP contribution in [0.25, 0.3) is 0 Å². The van der Waals surface area contributed by atoms with Gasteiger partial charge in [0, 0.05) is 51.9 Å². The first-order chi connectivity index (χ1) is 13.2. The largest absolute Gasteiger partial charge is 0.396 e. The van der Waals surface area contributed by atoms with Crippen molar-refractivity contribution in [3.63, 3.8) is 0 Å². The average Bonchev–Trinajstić information content (AvgIpc) is 3.10.